The van der Waals surface area contributed by atoms with Gasteiger partial charge in [-0.2, -0.15) is 0 Å². The van der Waals surface area contributed by atoms with Gasteiger partial charge in [-0.1, -0.05) is 25.4 Å². The van der Waals surface area contributed by atoms with Gasteiger partial charge < -0.3 is 15.8 Å². The Morgan fingerprint density at radius 1 is 1.50 bits per heavy atom. The number of carbonyl (C=O) groups excluding carboxylic acids is 1. The number of hydrogen-bond acceptors (Lipinski definition) is 3. The minimum atomic E-state index is -0.0968. The van der Waals surface area contributed by atoms with Gasteiger partial charge in [0.15, 0.2) is 0 Å². The van der Waals surface area contributed by atoms with Crippen LogP contribution in [0, 0.1) is 5.92 Å². The molecular formula is C13H19ClN2O2. The van der Waals surface area contributed by atoms with Gasteiger partial charge in [-0.15, -0.1) is 0 Å². The zero-order valence-corrected chi connectivity index (χ0v) is 11.5. The summed E-state index contributed by atoms with van der Waals surface area (Å²) in [5.74, 6) is 0.379. The van der Waals surface area contributed by atoms with Crippen LogP contribution in [0.4, 0.5) is 11.4 Å². The van der Waals surface area contributed by atoms with E-state index in [1.54, 1.807) is 18.2 Å². The SMILES string of the molecule is CC(C)COCCC(=O)Nc1ccc(Cl)c(N)c1. The van der Waals surface area contributed by atoms with Gasteiger partial charge in [0.1, 0.15) is 0 Å². The van der Waals surface area contributed by atoms with Crippen LogP contribution in [0.25, 0.3) is 0 Å². The summed E-state index contributed by atoms with van der Waals surface area (Å²) in [7, 11) is 0. The molecule has 0 aliphatic heterocycles. The van der Waals surface area contributed by atoms with Gasteiger partial charge in [0, 0.05) is 12.3 Å². The lowest BCUT2D eigenvalue weighted by Gasteiger charge is -2.08. The Hall–Kier alpha value is -1.26. The number of hydrogen-bond donors (Lipinski definition) is 2. The van der Waals surface area contributed by atoms with Crippen molar-refractivity contribution in [2.75, 3.05) is 24.3 Å². The van der Waals surface area contributed by atoms with Gasteiger partial charge in [-0.3, -0.25) is 4.79 Å². The van der Waals surface area contributed by atoms with Gasteiger partial charge >= 0.3 is 0 Å². The lowest BCUT2D eigenvalue weighted by Crippen LogP contribution is -2.15. The predicted molar refractivity (Wildman–Crippen MR) is 74.8 cm³/mol. The summed E-state index contributed by atoms with van der Waals surface area (Å²) in [5, 5.41) is 3.22. The van der Waals surface area contributed by atoms with Crippen molar-refractivity contribution < 1.29 is 9.53 Å². The molecule has 0 fully saturated rings. The van der Waals surface area contributed by atoms with Crippen LogP contribution in [-0.4, -0.2) is 19.1 Å². The smallest absolute Gasteiger partial charge is 0.226 e. The van der Waals surface area contributed by atoms with Crippen LogP contribution in [0.5, 0.6) is 0 Å². The lowest BCUT2D eigenvalue weighted by molar-refractivity contribution is -0.117. The maximum absolute atomic E-state index is 11.6. The van der Waals surface area contributed by atoms with E-state index in [2.05, 4.69) is 19.2 Å². The molecule has 1 rings (SSSR count). The Morgan fingerprint density at radius 2 is 2.22 bits per heavy atom. The topological polar surface area (TPSA) is 64.3 Å². The summed E-state index contributed by atoms with van der Waals surface area (Å²) in [4.78, 5) is 11.6. The molecule has 0 bridgehead atoms. The van der Waals surface area contributed by atoms with E-state index < -0.39 is 0 Å². The summed E-state index contributed by atoms with van der Waals surface area (Å²) >= 11 is 5.79. The quantitative estimate of drug-likeness (QED) is 0.617. The van der Waals surface area contributed by atoms with Crippen molar-refractivity contribution in [3.8, 4) is 0 Å². The normalized spacial score (nSPS) is 10.7. The largest absolute Gasteiger partial charge is 0.397 e. The van der Waals surface area contributed by atoms with Crippen LogP contribution >= 0.6 is 11.6 Å². The third-order valence-electron chi connectivity index (χ3n) is 2.20. The molecule has 0 aliphatic carbocycles. The van der Waals surface area contributed by atoms with Crippen molar-refractivity contribution in [2.45, 2.75) is 20.3 Å². The van der Waals surface area contributed by atoms with E-state index in [1.807, 2.05) is 0 Å². The van der Waals surface area contributed by atoms with Crippen molar-refractivity contribution in [1.29, 1.82) is 0 Å². The Labute approximate surface area is 112 Å². The van der Waals surface area contributed by atoms with Crippen LogP contribution in [0.15, 0.2) is 18.2 Å². The molecule has 0 unspecified atom stereocenters. The molecule has 100 valence electrons. The van der Waals surface area contributed by atoms with Gasteiger partial charge in [0.2, 0.25) is 5.91 Å². The second-order valence-electron chi connectivity index (χ2n) is 4.50. The summed E-state index contributed by atoms with van der Waals surface area (Å²) in [6.45, 7) is 5.22. The first-order valence-electron chi connectivity index (χ1n) is 5.91. The monoisotopic (exact) mass is 270 g/mol. The molecule has 0 aliphatic rings. The predicted octanol–water partition coefficient (Wildman–Crippen LogP) is 2.92. The molecule has 0 radical (unpaired) electrons. The standard InChI is InChI=1S/C13H19ClN2O2/c1-9(2)8-18-6-5-13(17)16-10-3-4-11(14)12(15)7-10/h3-4,7,9H,5-6,8,15H2,1-2H3,(H,16,17). The van der Waals surface area contributed by atoms with E-state index in [4.69, 9.17) is 22.1 Å². The highest BCUT2D eigenvalue weighted by atomic mass is 35.5. The van der Waals surface area contributed by atoms with Crippen molar-refractivity contribution >= 4 is 28.9 Å². The van der Waals surface area contributed by atoms with E-state index in [1.165, 1.54) is 0 Å². The Balaban J connectivity index is 2.33. The van der Waals surface area contributed by atoms with E-state index in [9.17, 15) is 4.79 Å². The van der Waals surface area contributed by atoms with E-state index >= 15 is 0 Å². The first-order chi connectivity index (χ1) is 8.49. The average molecular weight is 271 g/mol. The molecule has 4 nitrogen and oxygen atoms in total. The highest BCUT2D eigenvalue weighted by Crippen LogP contribution is 2.22. The molecule has 3 N–H and O–H groups in total. The molecule has 5 heteroatoms. The molecular weight excluding hydrogens is 252 g/mol. The van der Waals surface area contributed by atoms with E-state index in [0.29, 0.717) is 41.9 Å². The zero-order valence-electron chi connectivity index (χ0n) is 10.7. The number of halogens is 1. The van der Waals surface area contributed by atoms with Crippen molar-refractivity contribution in [2.24, 2.45) is 5.92 Å². The number of rotatable bonds is 6. The molecule has 1 aromatic rings. The third kappa shape index (κ3) is 5.38. The molecule has 18 heavy (non-hydrogen) atoms. The number of nitrogens with two attached hydrogens (primary N) is 1. The summed E-state index contributed by atoms with van der Waals surface area (Å²) < 4.78 is 5.34. The molecule has 0 saturated carbocycles. The Morgan fingerprint density at radius 3 is 2.83 bits per heavy atom. The first-order valence-corrected chi connectivity index (χ1v) is 6.29. The van der Waals surface area contributed by atoms with Crippen LogP contribution in [0.3, 0.4) is 0 Å². The van der Waals surface area contributed by atoms with Crippen molar-refractivity contribution in [1.82, 2.24) is 0 Å². The molecule has 0 spiro atoms. The number of nitrogen functional groups attached to an aromatic ring is 1. The average Bonchev–Trinajstić information content (AvgIpc) is 2.29. The van der Waals surface area contributed by atoms with Crippen LogP contribution in [0.2, 0.25) is 5.02 Å². The molecule has 0 atom stereocenters. The summed E-state index contributed by atoms with van der Waals surface area (Å²) in [5.41, 5.74) is 6.74. The van der Waals surface area contributed by atoms with Crippen molar-refractivity contribution in [3.63, 3.8) is 0 Å². The number of nitrogens with one attached hydrogen (secondary N) is 1. The minimum Gasteiger partial charge on any atom is -0.397 e. The number of ether oxygens (including phenoxy) is 1. The van der Waals surface area contributed by atoms with Crippen LogP contribution in [0.1, 0.15) is 20.3 Å². The van der Waals surface area contributed by atoms with Crippen LogP contribution < -0.4 is 11.1 Å². The van der Waals surface area contributed by atoms with E-state index in [-0.39, 0.29) is 5.91 Å². The second kappa shape index (κ2) is 7.24. The fraction of sp³-hybridized carbons (Fsp3) is 0.462. The van der Waals surface area contributed by atoms with Gasteiger partial charge in [0.25, 0.3) is 0 Å². The maximum atomic E-state index is 11.6. The molecule has 1 aromatic carbocycles. The molecule has 0 saturated heterocycles. The highest BCUT2D eigenvalue weighted by Gasteiger charge is 2.04. The van der Waals surface area contributed by atoms with Gasteiger partial charge in [-0.05, 0) is 24.1 Å². The number of benzene rings is 1. The first kappa shape index (κ1) is 14.8. The van der Waals surface area contributed by atoms with Gasteiger partial charge in [0.05, 0.1) is 23.7 Å². The maximum Gasteiger partial charge on any atom is 0.226 e. The van der Waals surface area contributed by atoms with Crippen LogP contribution in [-0.2, 0) is 9.53 Å². The fourth-order valence-corrected chi connectivity index (χ4v) is 1.45. The van der Waals surface area contributed by atoms with Gasteiger partial charge in [-0.25, -0.2) is 0 Å². The molecule has 1 amide bonds. The number of anilines is 2. The fourth-order valence-electron chi connectivity index (χ4n) is 1.33. The number of carbonyl (C=O) groups is 1. The van der Waals surface area contributed by atoms with Crippen molar-refractivity contribution in [3.05, 3.63) is 23.2 Å². The third-order valence-corrected chi connectivity index (χ3v) is 2.55. The second-order valence-corrected chi connectivity index (χ2v) is 4.91. The minimum absolute atomic E-state index is 0.0968. The zero-order chi connectivity index (χ0) is 13.5. The highest BCUT2D eigenvalue weighted by molar-refractivity contribution is 6.33. The molecule has 0 heterocycles. The number of amides is 1. The Bertz CT molecular complexity index is 408. The lowest BCUT2D eigenvalue weighted by atomic mass is 10.2. The van der Waals surface area contributed by atoms with E-state index in [0.717, 1.165) is 0 Å². The summed E-state index contributed by atoms with van der Waals surface area (Å²) in [6, 6.07) is 5.00. The summed E-state index contributed by atoms with van der Waals surface area (Å²) in [6.07, 6.45) is 0.329. The Kier molecular flexibility index (Phi) is 5.95. The molecule has 0 aromatic heterocycles.